The van der Waals surface area contributed by atoms with Crippen LogP contribution in [0.15, 0.2) is 24.3 Å². The van der Waals surface area contributed by atoms with E-state index in [0.29, 0.717) is 6.04 Å². The first-order valence-electron chi connectivity index (χ1n) is 9.99. The molecule has 0 saturated carbocycles. The Morgan fingerprint density at radius 1 is 1.12 bits per heavy atom. The number of aromatic nitrogens is 3. The summed E-state index contributed by atoms with van der Waals surface area (Å²) in [5, 5.41) is 12.5. The second-order valence-electron chi connectivity index (χ2n) is 7.28. The van der Waals surface area contributed by atoms with Crippen LogP contribution in [0.1, 0.15) is 87.7 Å². The van der Waals surface area contributed by atoms with Crippen molar-refractivity contribution in [3.63, 3.8) is 0 Å². The molecule has 1 aliphatic heterocycles. The monoisotopic (exact) mass is 340 g/mol. The van der Waals surface area contributed by atoms with Gasteiger partial charge in [0.2, 0.25) is 0 Å². The number of hydrogen-bond acceptors (Lipinski definition) is 3. The van der Waals surface area contributed by atoms with Crippen molar-refractivity contribution in [3.8, 4) is 0 Å². The molecule has 4 nitrogen and oxygen atoms in total. The fraction of sp³-hybridized carbons (Fsp3) is 0.619. The quantitative estimate of drug-likeness (QED) is 0.669. The van der Waals surface area contributed by atoms with Crippen molar-refractivity contribution >= 4 is 0 Å². The van der Waals surface area contributed by atoms with Gasteiger partial charge >= 0.3 is 0 Å². The smallest absolute Gasteiger partial charge is 0.149 e. The maximum absolute atomic E-state index is 4.43. The Morgan fingerprint density at radius 3 is 2.64 bits per heavy atom. The fourth-order valence-electron chi connectivity index (χ4n) is 3.82. The van der Waals surface area contributed by atoms with E-state index in [1.807, 2.05) is 0 Å². The van der Waals surface area contributed by atoms with Gasteiger partial charge in [-0.2, -0.15) is 0 Å². The standard InChI is InChI=1S/C21H32N4/c1-4-6-7-9-17-11-13-18(14-12-17)19(5-2)22-16(3)21-24-23-20-10-8-15-25(20)21/h11-14,16,19,22H,4-10,15H2,1-3H3. The molecule has 2 heterocycles. The number of hydrogen-bond donors (Lipinski definition) is 1. The SMILES string of the molecule is CCCCCc1ccc(C(CC)NC(C)c2nnc3n2CCC3)cc1. The lowest BCUT2D eigenvalue weighted by molar-refractivity contribution is 0.430. The van der Waals surface area contributed by atoms with Crippen LogP contribution in [-0.4, -0.2) is 14.8 Å². The highest BCUT2D eigenvalue weighted by molar-refractivity contribution is 5.25. The van der Waals surface area contributed by atoms with E-state index in [-0.39, 0.29) is 6.04 Å². The Balaban J connectivity index is 1.63. The molecule has 0 spiro atoms. The van der Waals surface area contributed by atoms with Crippen LogP contribution in [0.4, 0.5) is 0 Å². The lowest BCUT2D eigenvalue weighted by Gasteiger charge is -2.22. The molecule has 2 aromatic rings. The summed E-state index contributed by atoms with van der Waals surface area (Å²) in [5.41, 5.74) is 2.82. The fourth-order valence-corrected chi connectivity index (χ4v) is 3.82. The third-order valence-corrected chi connectivity index (χ3v) is 5.34. The van der Waals surface area contributed by atoms with Gasteiger partial charge in [-0.15, -0.1) is 10.2 Å². The van der Waals surface area contributed by atoms with Gasteiger partial charge in [0, 0.05) is 19.0 Å². The first kappa shape index (κ1) is 18.1. The van der Waals surface area contributed by atoms with Gasteiger partial charge in [-0.3, -0.25) is 0 Å². The number of benzene rings is 1. The molecule has 1 N–H and O–H groups in total. The number of rotatable bonds is 9. The zero-order valence-electron chi connectivity index (χ0n) is 16.0. The summed E-state index contributed by atoms with van der Waals surface area (Å²) in [6.45, 7) is 7.77. The number of aryl methyl sites for hydroxylation is 2. The Labute approximate surface area is 152 Å². The minimum atomic E-state index is 0.216. The van der Waals surface area contributed by atoms with Crippen LogP contribution in [0.3, 0.4) is 0 Å². The maximum atomic E-state index is 4.43. The van der Waals surface area contributed by atoms with Crippen LogP contribution >= 0.6 is 0 Å². The predicted molar refractivity (Wildman–Crippen MR) is 103 cm³/mol. The molecule has 25 heavy (non-hydrogen) atoms. The van der Waals surface area contributed by atoms with Gasteiger partial charge in [-0.05, 0) is 43.7 Å². The molecular weight excluding hydrogens is 308 g/mol. The molecule has 0 saturated heterocycles. The summed E-state index contributed by atoms with van der Waals surface area (Å²) in [7, 11) is 0. The molecule has 0 amide bonds. The van der Waals surface area contributed by atoms with Crippen molar-refractivity contribution in [3.05, 3.63) is 47.0 Å². The molecular formula is C21H32N4. The van der Waals surface area contributed by atoms with Gasteiger partial charge in [0.05, 0.1) is 6.04 Å². The summed E-state index contributed by atoms with van der Waals surface area (Å²) in [5.74, 6) is 2.23. The Kier molecular flexibility index (Phi) is 6.24. The van der Waals surface area contributed by atoms with E-state index >= 15 is 0 Å². The molecule has 4 heteroatoms. The lowest BCUT2D eigenvalue weighted by atomic mass is 9.99. The van der Waals surface area contributed by atoms with Crippen molar-refractivity contribution in [2.45, 2.75) is 84.3 Å². The molecule has 2 unspecified atom stereocenters. The molecule has 136 valence electrons. The number of nitrogens with zero attached hydrogens (tertiary/aromatic N) is 3. The first-order chi connectivity index (χ1) is 12.2. The van der Waals surface area contributed by atoms with Crippen molar-refractivity contribution in [2.24, 2.45) is 0 Å². The van der Waals surface area contributed by atoms with Crippen LogP contribution in [0, 0.1) is 0 Å². The maximum Gasteiger partial charge on any atom is 0.149 e. The molecule has 0 radical (unpaired) electrons. The van der Waals surface area contributed by atoms with E-state index < -0.39 is 0 Å². The summed E-state index contributed by atoms with van der Waals surface area (Å²) in [4.78, 5) is 0. The Bertz CT molecular complexity index is 659. The topological polar surface area (TPSA) is 42.7 Å². The zero-order valence-corrected chi connectivity index (χ0v) is 16.0. The van der Waals surface area contributed by atoms with Gasteiger partial charge in [-0.1, -0.05) is 51.0 Å². The van der Waals surface area contributed by atoms with Gasteiger partial charge in [0.15, 0.2) is 0 Å². The minimum absolute atomic E-state index is 0.216. The van der Waals surface area contributed by atoms with Crippen LogP contribution in [0.25, 0.3) is 0 Å². The average molecular weight is 341 g/mol. The van der Waals surface area contributed by atoms with Crippen molar-refractivity contribution in [2.75, 3.05) is 0 Å². The molecule has 0 aliphatic carbocycles. The molecule has 1 aromatic carbocycles. The van der Waals surface area contributed by atoms with Gasteiger partial charge < -0.3 is 9.88 Å². The van der Waals surface area contributed by atoms with E-state index in [2.05, 4.69) is 65.1 Å². The third kappa shape index (κ3) is 4.30. The number of nitrogens with one attached hydrogen (secondary N) is 1. The van der Waals surface area contributed by atoms with Crippen molar-refractivity contribution in [1.29, 1.82) is 0 Å². The number of fused-ring (bicyclic) bond motifs is 1. The van der Waals surface area contributed by atoms with Crippen LogP contribution in [0.2, 0.25) is 0 Å². The van der Waals surface area contributed by atoms with E-state index in [1.54, 1.807) is 0 Å². The van der Waals surface area contributed by atoms with E-state index in [4.69, 9.17) is 0 Å². The lowest BCUT2D eigenvalue weighted by Crippen LogP contribution is -2.26. The number of unbranched alkanes of at least 4 members (excludes halogenated alkanes) is 2. The minimum Gasteiger partial charge on any atom is -0.314 e. The average Bonchev–Trinajstić information content (AvgIpc) is 3.24. The normalized spacial score (nSPS) is 16.0. The van der Waals surface area contributed by atoms with Gasteiger partial charge in [0.1, 0.15) is 11.6 Å². The summed E-state index contributed by atoms with van der Waals surface area (Å²) in [6, 6.07) is 9.76. The van der Waals surface area contributed by atoms with Crippen LogP contribution in [-0.2, 0) is 19.4 Å². The van der Waals surface area contributed by atoms with Crippen LogP contribution in [0.5, 0.6) is 0 Å². The highest BCUT2D eigenvalue weighted by Gasteiger charge is 2.23. The second-order valence-corrected chi connectivity index (χ2v) is 7.28. The third-order valence-electron chi connectivity index (χ3n) is 5.34. The molecule has 2 atom stereocenters. The Morgan fingerprint density at radius 2 is 1.92 bits per heavy atom. The van der Waals surface area contributed by atoms with E-state index in [9.17, 15) is 0 Å². The van der Waals surface area contributed by atoms with Crippen LogP contribution < -0.4 is 5.32 Å². The first-order valence-corrected chi connectivity index (χ1v) is 9.99. The zero-order chi connectivity index (χ0) is 17.6. The predicted octanol–water partition coefficient (Wildman–Crippen LogP) is 4.76. The van der Waals surface area contributed by atoms with Crippen molar-refractivity contribution in [1.82, 2.24) is 20.1 Å². The summed E-state index contributed by atoms with van der Waals surface area (Å²) >= 11 is 0. The molecule has 1 aromatic heterocycles. The van der Waals surface area contributed by atoms with Gasteiger partial charge in [-0.25, -0.2) is 0 Å². The molecule has 0 bridgehead atoms. The highest BCUT2D eigenvalue weighted by atomic mass is 15.3. The molecule has 3 rings (SSSR count). The molecule has 1 aliphatic rings. The largest absolute Gasteiger partial charge is 0.314 e. The van der Waals surface area contributed by atoms with Gasteiger partial charge in [0.25, 0.3) is 0 Å². The van der Waals surface area contributed by atoms with E-state index in [1.165, 1.54) is 43.2 Å². The van der Waals surface area contributed by atoms with Crippen molar-refractivity contribution < 1.29 is 0 Å². The Hall–Kier alpha value is -1.68. The molecule has 0 fully saturated rings. The summed E-state index contributed by atoms with van der Waals surface area (Å²) in [6.07, 6.45) is 8.42. The highest BCUT2D eigenvalue weighted by Crippen LogP contribution is 2.24. The van der Waals surface area contributed by atoms with E-state index in [0.717, 1.165) is 31.0 Å². The second kappa shape index (κ2) is 8.61. The summed E-state index contributed by atoms with van der Waals surface area (Å²) < 4.78 is 2.29.